The molecular weight excluding hydrogens is 274 g/mol. The molecule has 0 bridgehead atoms. The minimum Gasteiger partial charge on any atom is -0.290 e. The summed E-state index contributed by atoms with van der Waals surface area (Å²) in [4.78, 5) is 3.87. The van der Waals surface area contributed by atoms with Gasteiger partial charge in [0.25, 0.3) is 0 Å². The molecule has 0 aliphatic heterocycles. The summed E-state index contributed by atoms with van der Waals surface area (Å²) in [6.45, 7) is 0.991. The minimum atomic E-state index is 0.361. The Hall–Kier alpha value is -1.90. The SMILES string of the molecule is CN(Cc1cccs1)C1c2ccccc2-c2ccccc21. The molecule has 0 N–H and O–H groups in total. The van der Waals surface area contributed by atoms with Gasteiger partial charge in [0.2, 0.25) is 0 Å². The molecule has 0 atom stereocenters. The number of benzene rings is 2. The molecule has 0 amide bonds. The van der Waals surface area contributed by atoms with Crippen LogP contribution < -0.4 is 0 Å². The van der Waals surface area contributed by atoms with Crippen LogP contribution in [0.2, 0.25) is 0 Å². The van der Waals surface area contributed by atoms with Crippen LogP contribution >= 0.6 is 11.3 Å². The maximum absolute atomic E-state index is 2.45. The van der Waals surface area contributed by atoms with Crippen molar-refractivity contribution in [2.45, 2.75) is 12.6 Å². The van der Waals surface area contributed by atoms with E-state index in [1.807, 2.05) is 11.3 Å². The lowest BCUT2D eigenvalue weighted by Gasteiger charge is -2.25. The highest BCUT2D eigenvalue weighted by Gasteiger charge is 2.30. The number of hydrogen-bond donors (Lipinski definition) is 0. The third-order valence-electron chi connectivity index (χ3n) is 4.23. The third-order valence-corrected chi connectivity index (χ3v) is 5.09. The summed E-state index contributed by atoms with van der Waals surface area (Å²) in [6, 6.07) is 22.3. The van der Waals surface area contributed by atoms with Crippen LogP contribution in [0.25, 0.3) is 11.1 Å². The second-order valence-electron chi connectivity index (χ2n) is 5.57. The van der Waals surface area contributed by atoms with Gasteiger partial charge in [-0.05, 0) is 40.7 Å². The molecule has 0 saturated carbocycles. The van der Waals surface area contributed by atoms with Crippen molar-refractivity contribution in [3.05, 3.63) is 82.0 Å². The zero-order chi connectivity index (χ0) is 14.2. The van der Waals surface area contributed by atoms with E-state index in [-0.39, 0.29) is 0 Å². The van der Waals surface area contributed by atoms with E-state index in [4.69, 9.17) is 0 Å². The molecule has 0 spiro atoms. The van der Waals surface area contributed by atoms with Crippen LogP contribution in [0.1, 0.15) is 22.0 Å². The molecule has 21 heavy (non-hydrogen) atoms. The fourth-order valence-electron chi connectivity index (χ4n) is 3.34. The van der Waals surface area contributed by atoms with Crippen LogP contribution in [0.5, 0.6) is 0 Å². The van der Waals surface area contributed by atoms with Crippen molar-refractivity contribution < 1.29 is 0 Å². The van der Waals surface area contributed by atoms with Crippen molar-refractivity contribution in [1.29, 1.82) is 0 Å². The van der Waals surface area contributed by atoms with Gasteiger partial charge in [0.15, 0.2) is 0 Å². The first-order valence-corrected chi connectivity index (χ1v) is 8.13. The molecule has 2 aromatic carbocycles. The maximum Gasteiger partial charge on any atom is 0.0614 e. The maximum atomic E-state index is 2.45. The molecule has 1 heterocycles. The molecule has 3 aromatic rings. The van der Waals surface area contributed by atoms with Crippen LogP contribution in [-0.2, 0) is 6.54 Å². The lowest BCUT2D eigenvalue weighted by molar-refractivity contribution is 0.277. The molecule has 1 aromatic heterocycles. The van der Waals surface area contributed by atoms with Crippen molar-refractivity contribution in [2.24, 2.45) is 0 Å². The quantitative estimate of drug-likeness (QED) is 0.660. The van der Waals surface area contributed by atoms with Gasteiger partial charge in [-0.1, -0.05) is 54.6 Å². The second kappa shape index (κ2) is 5.14. The standard InChI is InChI=1S/C19H17NS/c1-20(13-14-7-6-12-21-14)19-17-10-4-2-8-15(17)16-9-3-5-11-18(16)19/h2-12,19H,13H2,1H3. The molecule has 0 radical (unpaired) electrons. The Morgan fingerprint density at radius 2 is 1.48 bits per heavy atom. The van der Waals surface area contributed by atoms with E-state index in [0.29, 0.717) is 6.04 Å². The van der Waals surface area contributed by atoms with Crippen molar-refractivity contribution in [3.63, 3.8) is 0 Å². The molecule has 2 heteroatoms. The molecule has 1 aliphatic carbocycles. The van der Waals surface area contributed by atoms with Crippen LogP contribution in [0.3, 0.4) is 0 Å². The molecule has 1 aliphatic rings. The van der Waals surface area contributed by atoms with Crippen molar-refractivity contribution in [3.8, 4) is 11.1 Å². The first-order valence-electron chi connectivity index (χ1n) is 7.25. The minimum absolute atomic E-state index is 0.361. The average Bonchev–Trinajstić information content (AvgIpc) is 3.12. The van der Waals surface area contributed by atoms with Gasteiger partial charge < -0.3 is 0 Å². The third kappa shape index (κ3) is 2.11. The Morgan fingerprint density at radius 1 is 0.857 bits per heavy atom. The van der Waals surface area contributed by atoms with Crippen molar-refractivity contribution in [1.82, 2.24) is 4.90 Å². The summed E-state index contributed by atoms with van der Waals surface area (Å²) < 4.78 is 0. The number of hydrogen-bond acceptors (Lipinski definition) is 2. The number of nitrogens with zero attached hydrogens (tertiary/aromatic N) is 1. The van der Waals surface area contributed by atoms with E-state index < -0.39 is 0 Å². The predicted octanol–water partition coefficient (Wildman–Crippen LogP) is 4.95. The monoisotopic (exact) mass is 291 g/mol. The molecule has 0 saturated heterocycles. The Labute approximate surface area is 129 Å². The van der Waals surface area contributed by atoms with Crippen LogP contribution in [0, 0.1) is 0 Å². The number of thiophene rings is 1. The van der Waals surface area contributed by atoms with Gasteiger partial charge in [-0.3, -0.25) is 4.90 Å². The summed E-state index contributed by atoms with van der Waals surface area (Å²) in [5.74, 6) is 0. The van der Waals surface area contributed by atoms with Crippen molar-refractivity contribution in [2.75, 3.05) is 7.05 Å². The molecule has 0 unspecified atom stereocenters. The highest BCUT2D eigenvalue weighted by atomic mass is 32.1. The summed E-state index contributed by atoms with van der Waals surface area (Å²) in [5.41, 5.74) is 5.63. The van der Waals surface area contributed by atoms with E-state index in [0.717, 1.165) is 6.54 Å². The second-order valence-corrected chi connectivity index (χ2v) is 6.60. The van der Waals surface area contributed by atoms with Gasteiger partial charge in [-0.2, -0.15) is 0 Å². The molecular formula is C19H17NS. The van der Waals surface area contributed by atoms with Gasteiger partial charge in [0.05, 0.1) is 6.04 Å². The van der Waals surface area contributed by atoms with Crippen LogP contribution in [0.4, 0.5) is 0 Å². The Kier molecular flexibility index (Phi) is 3.13. The largest absolute Gasteiger partial charge is 0.290 e. The fourth-order valence-corrected chi connectivity index (χ4v) is 4.11. The summed E-state index contributed by atoms with van der Waals surface area (Å²) in [5, 5.41) is 2.15. The topological polar surface area (TPSA) is 3.24 Å². The van der Waals surface area contributed by atoms with E-state index in [1.54, 1.807) is 0 Å². The molecule has 1 nitrogen and oxygen atoms in total. The van der Waals surface area contributed by atoms with E-state index in [9.17, 15) is 0 Å². The van der Waals surface area contributed by atoms with Crippen LogP contribution in [-0.4, -0.2) is 11.9 Å². The first-order chi connectivity index (χ1) is 10.3. The summed E-state index contributed by atoms with van der Waals surface area (Å²) >= 11 is 1.83. The lowest BCUT2D eigenvalue weighted by atomic mass is 10.0. The van der Waals surface area contributed by atoms with Crippen LogP contribution in [0.15, 0.2) is 66.0 Å². The number of fused-ring (bicyclic) bond motifs is 3. The van der Waals surface area contributed by atoms with Gasteiger partial charge >= 0.3 is 0 Å². The van der Waals surface area contributed by atoms with E-state index >= 15 is 0 Å². The normalized spacial score (nSPS) is 13.4. The Bertz CT molecular complexity index is 715. The van der Waals surface area contributed by atoms with E-state index in [2.05, 4.69) is 78.0 Å². The first kappa shape index (κ1) is 12.8. The zero-order valence-electron chi connectivity index (χ0n) is 12.0. The zero-order valence-corrected chi connectivity index (χ0v) is 12.8. The molecule has 0 fully saturated rings. The molecule has 104 valence electrons. The Morgan fingerprint density at radius 3 is 2.05 bits per heavy atom. The fraction of sp³-hybridized carbons (Fsp3) is 0.158. The highest BCUT2D eigenvalue weighted by Crippen LogP contribution is 2.46. The molecule has 4 rings (SSSR count). The predicted molar refractivity (Wildman–Crippen MR) is 89.5 cm³/mol. The highest BCUT2D eigenvalue weighted by molar-refractivity contribution is 7.09. The van der Waals surface area contributed by atoms with E-state index in [1.165, 1.54) is 27.1 Å². The van der Waals surface area contributed by atoms with Gasteiger partial charge in [0, 0.05) is 11.4 Å². The number of rotatable bonds is 3. The van der Waals surface area contributed by atoms with Gasteiger partial charge in [0.1, 0.15) is 0 Å². The lowest BCUT2D eigenvalue weighted by Crippen LogP contribution is -2.23. The smallest absolute Gasteiger partial charge is 0.0614 e. The average molecular weight is 291 g/mol. The summed E-state index contributed by atoms with van der Waals surface area (Å²) in [6.07, 6.45) is 0. The van der Waals surface area contributed by atoms with Gasteiger partial charge in [-0.25, -0.2) is 0 Å². The Balaban J connectivity index is 1.77. The van der Waals surface area contributed by atoms with Crippen molar-refractivity contribution >= 4 is 11.3 Å². The summed E-state index contributed by atoms with van der Waals surface area (Å²) in [7, 11) is 2.23. The van der Waals surface area contributed by atoms with Gasteiger partial charge in [-0.15, -0.1) is 11.3 Å².